The molecule has 7 heteroatoms. The smallest absolute Gasteiger partial charge is 0.223 e. The van der Waals surface area contributed by atoms with E-state index in [-0.39, 0.29) is 18.6 Å². The second-order valence-corrected chi connectivity index (χ2v) is 7.82. The van der Waals surface area contributed by atoms with Gasteiger partial charge in [-0.25, -0.2) is 0 Å². The predicted octanol–water partition coefficient (Wildman–Crippen LogP) is 2.10. The van der Waals surface area contributed by atoms with Gasteiger partial charge in [-0.2, -0.15) is 9.97 Å². The number of nitrogens with two attached hydrogens (primary N) is 1. The number of nitrogens with one attached hydrogen (secondary N) is 1. The van der Waals surface area contributed by atoms with Crippen LogP contribution in [0.5, 0.6) is 0 Å². The van der Waals surface area contributed by atoms with Gasteiger partial charge >= 0.3 is 0 Å². The molecule has 1 aromatic carbocycles. The van der Waals surface area contributed by atoms with Crippen molar-refractivity contribution >= 4 is 17.6 Å². The summed E-state index contributed by atoms with van der Waals surface area (Å²) in [4.78, 5) is 13.4. The Kier molecular flexibility index (Phi) is 5.92. The second-order valence-electron chi connectivity index (χ2n) is 7.82. The highest BCUT2D eigenvalue weighted by molar-refractivity contribution is 5.54. The summed E-state index contributed by atoms with van der Waals surface area (Å²) in [5.41, 5.74) is 7.33. The molecule has 4 rings (SSSR count). The summed E-state index contributed by atoms with van der Waals surface area (Å²) < 4.78 is 0. The van der Waals surface area contributed by atoms with Crippen LogP contribution >= 0.6 is 0 Å². The van der Waals surface area contributed by atoms with E-state index in [1.54, 1.807) is 0 Å². The first-order valence-corrected chi connectivity index (χ1v) is 10.3. The molecule has 1 atom stereocenters. The van der Waals surface area contributed by atoms with Crippen molar-refractivity contribution in [1.82, 2.24) is 14.9 Å². The molecule has 0 amide bonds. The summed E-state index contributed by atoms with van der Waals surface area (Å²) in [5.74, 6) is 1.88. The van der Waals surface area contributed by atoms with Crippen LogP contribution in [0.25, 0.3) is 0 Å². The third kappa shape index (κ3) is 4.54. The first-order chi connectivity index (χ1) is 13.7. The zero-order valence-corrected chi connectivity index (χ0v) is 16.3. The molecule has 0 radical (unpaired) electrons. The molecule has 2 saturated heterocycles. The third-order valence-corrected chi connectivity index (χ3v) is 5.80. The van der Waals surface area contributed by atoms with Gasteiger partial charge in [-0.3, -0.25) is 4.90 Å². The standard InChI is InChI=1S/C21H30N6O/c22-21-24-19(13-20(25-21)27-10-4-7-18(27)15-28)23-17-8-11-26(12-9-17)14-16-5-2-1-3-6-16/h1-3,5-6,13,17-18,28H,4,7-12,14-15H2,(H3,22,23,24,25). The van der Waals surface area contributed by atoms with Gasteiger partial charge in [-0.05, 0) is 31.2 Å². The molecule has 0 spiro atoms. The van der Waals surface area contributed by atoms with E-state index in [1.165, 1.54) is 5.56 Å². The second kappa shape index (κ2) is 8.75. The number of rotatable bonds is 6. The SMILES string of the molecule is Nc1nc(NC2CCN(Cc3ccccc3)CC2)cc(N2CCCC2CO)n1. The number of hydrogen-bond donors (Lipinski definition) is 3. The van der Waals surface area contributed by atoms with E-state index in [0.29, 0.717) is 6.04 Å². The Morgan fingerprint density at radius 3 is 2.61 bits per heavy atom. The van der Waals surface area contributed by atoms with Gasteiger partial charge in [0.1, 0.15) is 11.6 Å². The summed E-state index contributed by atoms with van der Waals surface area (Å²) in [5, 5.41) is 13.1. The molecule has 2 fully saturated rings. The molecule has 2 aromatic rings. The summed E-state index contributed by atoms with van der Waals surface area (Å²) >= 11 is 0. The molecule has 1 unspecified atom stereocenters. The molecule has 28 heavy (non-hydrogen) atoms. The van der Waals surface area contributed by atoms with E-state index in [1.807, 2.05) is 6.07 Å². The Bertz CT molecular complexity index is 763. The fourth-order valence-corrected chi connectivity index (χ4v) is 4.29. The van der Waals surface area contributed by atoms with Gasteiger partial charge in [-0.1, -0.05) is 30.3 Å². The molecular formula is C21H30N6O. The maximum atomic E-state index is 9.59. The van der Waals surface area contributed by atoms with Crippen molar-refractivity contribution in [2.24, 2.45) is 0 Å². The fraction of sp³-hybridized carbons (Fsp3) is 0.524. The van der Waals surface area contributed by atoms with E-state index in [9.17, 15) is 5.11 Å². The van der Waals surface area contributed by atoms with Gasteiger partial charge in [-0.15, -0.1) is 0 Å². The van der Waals surface area contributed by atoms with E-state index >= 15 is 0 Å². The van der Waals surface area contributed by atoms with Crippen LogP contribution in [-0.4, -0.2) is 58.3 Å². The largest absolute Gasteiger partial charge is 0.394 e. The Morgan fingerprint density at radius 2 is 1.86 bits per heavy atom. The zero-order valence-electron chi connectivity index (χ0n) is 16.3. The van der Waals surface area contributed by atoms with Crippen LogP contribution in [0.15, 0.2) is 36.4 Å². The number of benzene rings is 1. The zero-order chi connectivity index (χ0) is 19.3. The highest BCUT2D eigenvalue weighted by Gasteiger charge is 2.26. The first kappa shape index (κ1) is 19.0. The number of hydrogen-bond acceptors (Lipinski definition) is 7. The third-order valence-electron chi connectivity index (χ3n) is 5.80. The van der Waals surface area contributed by atoms with Gasteiger partial charge in [0.15, 0.2) is 0 Å². The molecule has 0 saturated carbocycles. The summed E-state index contributed by atoms with van der Waals surface area (Å²) in [6.07, 6.45) is 4.21. The van der Waals surface area contributed by atoms with Gasteiger partial charge < -0.3 is 21.1 Å². The lowest BCUT2D eigenvalue weighted by Gasteiger charge is -2.33. The van der Waals surface area contributed by atoms with Gasteiger partial charge in [0.05, 0.1) is 12.6 Å². The molecule has 150 valence electrons. The van der Waals surface area contributed by atoms with E-state index in [4.69, 9.17) is 5.73 Å². The number of piperidine rings is 1. The molecule has 4 N–H and O–H groups in total. The maximum absolute atomic E-state index is 9.59. The topological polar surface area (TPSA) is 90.5 Å². The molecule has 1 aromatic heterocycles. The van der Waals surface area contributed by atoms with E-state index in [0.717, 1.165) is 63.5 Å². The number of likely N-dealkylation sites (tertiary alicyclic amines) is 1. The number of aliphatic hydroxyl groups is 1. The van der Waals surface area contributed by atoms with Crippen LogP contribution < -0.4 is 16.0 Å². The Labute approximate surface area is 166 Å². The minimum atomic E-state index is 0.128. The summed E-state index contributed by atoms with van der Waals surface area (Å²) in [6, 6.07) is 13.1. The molecule has 2 aliphatic heterocycles. The summed E-state index contributed by atoms with van der Waals surface area (Å²) in [6.45, 7) is 4.19. The van der Waals surface area contributed by atoms with Crippen LogP contribution in [0.3, 0.4) is 0 Å². The number of nitrogen functional groups attached to an aromatic ring is 1. The van der Waals surface area contributed by atoms with Crippen molar-refractivity contribution in [1.29, 1.82) is 0 Å². The van der Waals surface area contributed by atoms with Crippen LogP contribution in [0.2, 0.25) is 0 Å². The quantitative estimate of drug-likeness (QED) is 0.705. The van der Waals surface area contributed by atoms with Crippen molar-refractivity contribution in [2.45, 2.75) is 44.3 Å². The van der Waals surface area contributed by atoms with Crippen molar-refractivity contribution in [3.05, 3.63) is 42.0 Å². The van der Waals surface area contributed by atoms with Crippen LogP contribution in [0, 0.1) is 0 Å². The van der Waals surface area contributed by atoms with Gasteiger partial charge in [0.25, 0.3) is 0 Å². The summed E-state index contributed by atoms with van der Waals surface area (Å²) in [7, 11) is 0. The van der Waals surface area contributed by atoms with Crippen LogP contribution in [0.4, 0.5) is 17.6 Å². The lowest BCUT2D eigenvalue weighted by Crippen LogP contribution is -2.39. The van der Waals surface area contributed by atoms with Gasteiger partial charge in [0.2, 0.25) is 5.95 Å². The van der Waals surface area contributed by atoms with E-state index < -0.39 is 0 Å². The predicted molar refractivity (Wildman–Crippen MR) is 112 cm³/mol. The maximum Gasteiger partial charge on any atom is 0.223 e. The normalized spacial score (nSPS) is 21.2. The van der Waals surface area contributed by atoms with Gasteiger partial charge in [0, 0.05) is 38.3 Å². The molecule has 0 bridgehead atoms. The Morgan fingerprint density at radius 1 is 1.07 bits per heavy atom. The average molecular weight is 383 g/mol. The lowest BCUT2D eigenvalue weighted by atomic mass is 10.0. The van der Waals surface area contributed by atoms with Crippen molar-refractivity contribution in [3.63, 3.8) is 0 Å². The monoisotopic (exact) mass is 382 g/mol. The number of aromatic nitrogens is 2. The van der Waals surface area contributed by atoms with E-state index in [2.05, 4.69) is 55.4 Å². The fourth-order valence-electron chi connectivity index (χ4n) is 4.29. The molecule has 7 nitrogen and oxygen atoms in total. The lowest BCUT2D eigenvalue weighted by molar-refractivity contribution is 0.211. The Hall–Kier alpha value is -2.38. The van der Waals surface area contributed by atoms with Crippen LogP contribution in [0.1, 0.15) is 31.2 Å². The molecule has 3 heterocycles. The minimum Gasteiger partial charge on any atom is -0.394 e. The number of nitrogens with zero attached hydrogens (tertiary/aromatic N) is 4. The minimum absolute atomic E-state index is 0.128. The van der Waals surface area contributed by atoms with Crippen molar-refractivity contribution in [3.8, 4) is 0 Å². The first-order valence-electron chi connectivity index (χ1n) is 10.3. The molecule has 2 aliphatic rings. The molecular weight excluding hydrogens is 352 g/mol. The number of anilines is 3. The molecule has 0 aliphatic carbocycles. The highest BCUT2D eigenvalue weighted by Crippen LogP contribution is 2.27. The van der Waals surface area contributed by atoms with Crippen molar-refractivity contribution in [2.75, 3.05) is 42.2 Å². The Balaban J connectivity index is 1.35. The van der Waals surface area contributed by atoms with Crippen LogP contribution in [-0.2, 0) is 6.54 Å². The highest BCUT2D eigenvalue weighted by atomic mass is 16.3. The average Bonchev–Trinajstić information content (AvgIpc) is 3.19. The van der Waals surface area contributed by atoms with Crippen molar-refractivity contribution < 1.29 is 5.11 Å². The number of aliphatic hydroxyl groups excluding tert-OH is 1.